The fourth-order valence-electron chi connectivity index (χ4n) is 4.33. The van der Waals surface area contributed by atoms with Gasteiger partial charge in [0.05, 0.1) is 11.1 Å². The first kappa shape index (κ1) is 23.1. The second-order valence-corrected chi connectivity index (χ2v) is 8.36. The number of alkyl halides is 6. The van der Waals surface area contributed by atoms with Crippen molar-refractivity contribution in [1.29, 1.82) is 0 Å². The van der Waals surface area contributed by atoms with Crippen LogP contribution in [0.5, 0.6) is 0 Å². The summed E-state index contributed by atoms with van der Waals surface area (Å²) in [4.78, 5) is 2.43. The number of rotatable bonds is 3. The molecule has 2 atom stereocenters. The maximum Gasteiger partial charge on any atom is 0.416 e. The van der Waals surface area contributed by atoms with Crippen LogP contribution in [-0.2, 0) is 12.4 Å². The smallest absolute Gasteiger partial charge is 0.358 e. The number of thiocarbonyl (C=S) groups is 1. The van der Waals surface area contributed by atoms with E-state index in [1.165, 1.54) is 6.42 Å². The minimum atomic E-state index is -4.89. The molecule has 0 radical (unpaired) electrons. The van der Waals surface area contributed by atoms with Gasteiger partial charge in [0.1, 0.15) is 0 Å². The van der Waals surface area contributed by atoms with Crippen molar-refractivity contribution in [2.24, 2.45) is 0 Å². The van der Waals surface area contributed by atoms with E-state index in [-0.39, 0.29) is 28.9 Å². The molecule has 2 fully saturated rings. The molecule has 2 aliphatic rings. The van der Waals surface area contributed by atoms with Gasteiger partial charge in [-0.05, 0) is 69.2 Å². The van der Waals surface area contributed by atoms with Gasteiger partial charge in [-0.15, -0.1) is 0 Å². The largest absolute Gasteiger partial charge is 0.416 e. The van der Waals surface area contributed by atoms with Gasteiger partial charge in [-0.1, -0.05) is 19.3 Å². The lowest BCUT2D eigenvalue weighted by molar-refractivity contribution is -0.143. The van der Waals surface area contributed by atoms with Gasteiger partial charge >= 0.3 is 12.4 Å². The number of halogens is 6. The maximum absolute atomic E-state index is 13.1. The van der Waals surface area contributed by atoms with Gasteiger partial charge in [0.2, 0.25) is 0 Å². The van der Waals surface area contributed by atoms with E-state index in [9.17, 15) is 26.3 Å². The van der Waals surface area contributed by atoms with E-state index in [0.29, 0.717) is 12.1 Å². The third kappa shape index (κ3) is 6.00. The number of likely N-dealkylation sites (tertiary alicyclic amines) is 1. The zero-order valence-corrected chi connectivity index (χ0v) is 17.2. The average molecular weight is 453 g/mol. The number of benzene rings is 1. The standard InChI is InChI=1S/C20H25F6N3S/c21-19(22,23)13-10-14(20(24,25)26)12-15(11-13)27-18(30)28-16-6-2-3-7-17(16)29-8-4-1-5-9-29/h10-12,16-17H,1-9H2,(H2,27,28,30)/t16-,17?/m1/s1. The van der Waals surface area contributed by atoms with Crippen LogP contribution >= 0.6 is 12.2 Å². The number of anilines is 1. The molecule has 0 aromatic heterocycles. The Morgan fingerprint density at radius 2 is 1.40 bits per heavy atom. The Bertz CT molecular complexity index is 711. The minimum Gasteiger partial charge on any atom is -0.358 e. The number of nitrogens with zero attached hydrogens (tertiary/aromatic N) is 1. The molecule has 1 unspecified atom stereocenters. The first-order valence-electron chi connectivity index (χ1n) is 10.1. The molecule has 1 saturated carbocycles. The summed E-state index contributed by atoms with van der Waals surface area (Å²) in [5, 5.41) is 5.73. The zero-order valence-electron chi connectivity index (χ0n) is 16.4. The molecule has 2 N–H and O–H groups in total. The highest BCUT2D eigenvalue weighted by Crippen LogP contribution is 2.37. The maximum atomic E-state index is 13.1. The summed E-state index contributed by atoms with van der Waals surface area (Å²) in [5.41, 5.74) is -3.07. The van der Waals surface area contributed by atoms with Crippen molar-refractivity contribution in [2.75, 3.05) is 18.4 Å². The van der Waals surface area contributed by atoms with Crippen molar-refractivity contribution in [1.82, 2.24) is 10.2 Å². The van der Waals surface area contributed by atoms with E-state index in [1.807, 2.05) is 0 Å². The number of hydrogen-bond acceptors (Lipinski definition) is 2. The molecule has 1 aromatic rings. The average Bonchev–Trinajstić information content (AvgIpc) is 2.67. The lowest BCUT2D eigenvalue weighted by Crippen LogP contribution is -2.55. The Hall–Kier alpha value is -1.55. The molecule has 1 aliphatic heterocycles. The summed E-state index contributed by atoms with van der Waals surface area (Å²) < 4.78 is 78.3. The van der Waals surface area contributed by atoms with Gasteiger partial charge in [-0.3, -0.25) is 4.90 Å². The van der Waals surface area contributed by atoms with Crippen molar-refractivity contribution in [3.8, 4) is 0 Å². The molecule has 1 saturated heterocycles. The lowest BCUT2D eigenvalue weighted by atomic mass is 9.88. The van der Waals surface area contributed by atoms with E-state index in [0.717, 1.165) is 51.6 Å². The van der Waals surface area contributed by atoms with Crippen LogP contribution in [0.4, 0.5) is 32.0 Å². The Labute approximate surface area is 177 Å². The highest BCUT2D eigenvalue weighted by atomic mass is 32.1. The summed E-state index contributed by atoms with van der Waals surface area (Å²) in [5.74, 6) is 0. The third-order valence-electron chi connectivity index (χ3n) is 5.75. The molecule has 1 heterocycles. The molecule has 0 spiro atoms. The SMILES string of the molecule is FC(F)(F)c1cc(NC(=S)N[C@@H]2CCCCC2N2CCCCC2)cc(C(F)(F)F)c1. The predicted octanol–water partition coefficient (Wildman–Crippen LogP) is 5.81. The van der Waals surface area contributed by atoms with E-state index < -0.39 is 23.5 Å². The van der Waals surface area contributed by atoms with Crippen molar-refractivity contribution in [2.45, 2.75) is 69.4 Å². The molecular formula is C20H25F6N3S. The molecule has 3 rings (SSSR count). The third-order valence-corrected chi connectivity index (χ3v) is 5.97. The van der Waals surface area contributed by atoms with Crippen molar-refractivity contribution >= 4 is 23.0 Å². The zero-order chi connectivity index (χ0) is 21.9. The molecule has 168 valence electrons. The van der Waals surface area contributed by atoms with Crippen LogP contribution in [0.1, 0.15) is 56.1 Å². The van der Waals surface area contributed by atoms with Gasteiger partial charge in [0.25, 0.3) is 0 Å². The van der Waals surface area contributed by atoms with Crippen LogP contribution in [0.25, 0.3) is 0 Å². The topological polar surface area (TPSA) is 27.3 Å². The molecule has 3 nitrogen and oxygen atoms in total. The number of hydrogen-bond donors (Lipinski definition) is 2. The van der Waals surface area contributed by atoms with Crippen molar-refractivity contribution in [3.05, 3.63) is 29.3 Å². The molecule has 30 heavy (non-hydrogen) atoms. The second-order valence-electron chi connectivity index (χ2n) is 7.95. The van der Waals surface area contributed by atoms with Crippen molar-refractivity contribution in [3.63, 3.8) is 0 Å². The van der Waals surface area contributed by atoms with Crippen LogP contribution in [0.2, 0.25) is 0 Å². The van der Waals surface area contributed by atoms with E-state index in [1.54, 1.807) is 0 Å². The predicted molar refractivity (Wildman–Crippen MR) is 107 cm³/mol. The highest BCUT2D eigenvalue weighted by molar-refractivity contribution is 7.80. The summed E-state index contributed by atoms with van der Waals surface area (Å²) in [6.45, 7) is 2.01. The molecule has 1 aromatic carbocycles. The van der Waals surface area contributed by atoms with Gasteiger partial charge in [-0.25, -0.2) is 0 Å². The summed E-state index contributed by atoms with van der Waals surface area (Å²) >= 11 is 5.24. The Morgan fingerprint density at radius 3 is 1.97 bits per heavy atom. The number of piperidine rings is 1. The van der Waals surface area contributed by atoms with Gasteiger partial charge in [-0.2, -0.15) is 26.3 Å². The second kappa shape index (κ2) is 9.30. The normalized spacial score (nSPS) is 23.8. The van der Waals surface area contributed by atoms with E-state index in [2.05, 4.69) is 15.5 Å². The minimum absolute atomic E-state index is 0.0183. The summed E-state index contributed by atoms with van der Waals surface area (Å²) in [6.07, 6.45) is -2.34. The Balaban J connectivity index is 1.73. The number of nitrogens with one attached hydrogen (secondary N) is 2. The lowest BCUT2D eigenvalue weighted by Gasteiger charge is -2.42. The van der Waals surface area contributed by atoms with Crippen LogP contribution in [0.3, 0.4) is 0 Å². The fourth-order valence-corrected chi connectivity index (χ4v) is 4.60. The van der Waals surface area contributed by atoms with Crippen molar-refractivity contribution < 1.29 is 26.3 Å². The monoisotopic (exact) mass is 453 g/mol. The van der Waals surface area contributed by atoms with E-state index >= 15 is 0 Å². The summed E-state index contributed by atoms with van der Waals surface area (Å²) in [6, 6.07) is 1.68. The van der Waals surface area contributed by atoms with Crippen LogP contribution < -0.4 is 10.6 Å². The fraction of sp³-hybridized carbons (Fsp3) is 0.650. The Morgan fingerprint density at radius 1 is 0.833 bits per heavy atom. The molecule has 0 amide bonds. The quantitative estimate of drug-likeness (QED) is 0.446. The van der Waals surface area contributed by atoms with Crippen LogP contribution in [0.15, 0.2) is 18.2 Å². The van der Waals surface area contributed by atoms with Gasteiger partial charge in [0.15, 0.2) is 5.11 Å². The van der Waals surface area contributed by atoms with Crippen LogP contribution in [-0.4, -0.2) is 35.2 Å². The Kier molecular flexibility index (Phi) is 7.16. The van der Waals surface area contributed by atoms with Crippen LogP contribution in [0, 0.1) is 0 Å². The van der Waals surface area contributed by atoms with Gasteiger partial charge < -0.3 is 10.6 Å². The first-order valence-corrected chi connectivity index (χ1v) is 10.6. The molecular weight excluding hydrogens is 428 g/mol. The highest BCUT2D eigenvalue weighted by Gasteiger charge is 2.37. The van der Waals surface area contributed by atoms with Gasteiger partial charge in [0, 0.05) is 17.8 Å². The molecule has 0 bridgehead atoms. The molecule has 1 aliphatic carbocycles. The summed E-state index contributed by atoms with van der Waals surface area (Å²) in [7, 11) is 0. The first-order chi connectivity index (χ1) is 14.0. The molecule has 10 heteroatoms. The van der Waals surface area contributed by atoms with E-state index in [4.69, 9.17) is 12.2 Å².